The Morgan fingerprint density at radius 2 is 1.70 bits per heavy atom. The van der Waals surface area contributed by atoms with E-state index in [-0.39, 0.29) is 23.3 Å². The Bertz CT molecular complexity index is 936. The molecule has 0 heterocycles. The molecule has 3 aromatic carbocycles. The summed E-state index contributed by atoms with van der Waals surface area (Å²) in [5, 5.41) is 15.0. The van der Waals surface area contributed by atoms with Crippen LogP contribution in [0.1, 0.15) is 22.0 Å². The third-order valence-corrected chi connectivity index (χ3v) is 4.69. The number of benzene rings is 3. The minimum Gasteiger partial charge on any atom is -0.507 e. The largest absolute Gasteiger partial charge is 0.507 e. The van der Waals surface area contributed by atoms with Crippen LogP contribution in [0.2, 0.25) is 0 Å². The van der Waals surface area contributed by atoms with Crippen LogP contribution in [0.5, 0.6) is 11.5 Å². The second kappa shape index (κ2) is 8.10. The number of nitrogens with one attached hydrogen (secondary N) is 1. The zero-order valence-electron chi connectivity index (χ0n) is 15.8. The lowest BCUT2D eigenvalue weighted by Crippen LogP contribution is -2.34. The van der Waals surface area contributed by atoms with E-state index in [0.29, 0.717) is 6.54 Å². The number of fused-ring (bicyclic) bond motifs is 1. The predicted octanol–water partition coefficient (Wildman–Crippen LogP) is 3.59. The first kappa shape index (κ1) is 18.7. The lowest BCUT2D eigenvalue weighted by molar-refractivity contribution is 0.0939. The molecule has 0 aromatic heterocycles. The third kappa shape index (κ3) is 4.20. The number of hydrogen-bond donors (Lipinski definition) is 2. The van der Waals surface area contributed by atoms with Gasteiger partial charge in [0, 0.05) is 6.54 Å². The molecule has 0 aliphatic heterocycles. The van der Waals surface area contributed by atoms with E-state index in [4.69, 9.17) is 4.74 Å². The number of hydrogen-bond acceptors (Lipinski definition) is 4. The molecule has 0 saturated carbocycles. The van der Waals surface area contributed by atoms with E-state index in [1.54, 1.807) is 19.2 Å². The number of likely N-dealkylation sites (N-methyl/N-ethyl adjacent to an activating group) is 1. The lowest BCUT2D eigenvalue weighted by atomic mass is 10.0. The summed E-state index contributed by atoms with van der Waals surface area (Å²) < 4.78 is 5.20. The van der Waals surface area contributed by atoms with Gasteiger partial charge in [-0.2, -0.15) is 0 Å². The Morgan fingerprint density at radius 3 is 2.30 bits per heavy atom. The van der Waals surface area contributed by atoms with E-state index in [9.17, 15) is 9.90 Å². The molecule has 0 saturated heterocycles. The van der Waals surface area contributed by atoms with Crippen molar-refractivity contribution in [1.82, 2.24) is 10.2 Å². The highest BCUT2D eigenvalue weighted by Crippen LogP contribution is 2.25. The van der Waals surface area contributed by atoms with Crippen molar-refractivity contribution in [3.63, 3.8) is 0 Å². The van der Waals surface area contributed by atoms with Crippen molar-refractivity contribution in [2.45, 2.75) is 6.04 Å². The van der Waals surface area contributed by atoms with Gasteiger partial charge < -0.3 is 20.1 Å². The van der Waals surface area contributed by atoms with E-state index in [2.05, 4.69) is 5.32 Å². The number of amides is 1. The van der Waals surface area contributed by atoms with E-state index >= 15 is 0 Å². The standard InChI is InChI=1S/C22H24N2O3/c1-24(2)20(15-8-10-18(27-3)11-9-15)14-23-22(26)19-12-16-6-4-5-7-17(16)13-21(19)25/h4-13,20,25H,14H2,1-3H3,(H,23,26)/t20-/m1/s1. The van der Waals surface area contributed by atoms with Gasteiger partial charge in [0.05, 0.1) is 18.7 Å². The molecular weight excluding hydrogens is 340 g/mol. The molecule has 1 amide bonds. The average Bonchev–Trinajstić information content (AvgIpc) is 2.67. The summed E-state index contributed by atoms with van der Waals surface area (Å²) in [4.78, 5) is 14.7. The molecule has 1 atom stereocenters. The number of methoxy groups -OCH3 is 1. The molecule has 0 unspecified atom stereocenters. The van der Waals surface area contributed by atoms with E-state index in [0.717, 1.165) is 22.1 Å². The number of phenols is 1. The highest BCUT2D eigenvalue weighted by atomic mass is 16.5. The summed E-state index contributed by atoms with van der Waals surface area (Å²) in [6, 6.07) is 18.8. The summed E-state index contributed by atoms with van der Waals surface area (Å²) in [5.74, 6) is 0.483. The molecule has 0 spiro atoms. The van der Waals surface area contributed by atoms with Crippen molar-refractivity contribution < 1.29 is 14.6 Å². The fraction of sp³-hybridized carbons (Fsp3) is 0.227. The van der Waals surface area contributed by atoms with Crippen LogP contribution in [0.4, 0.5) is 0 Å². The summed E-state index contributed by atoms with van der Waals surface area (Å²) in [5.41, 5.74) is 1.35. The van der Waals surface area contributed by atoms with Crippen molar-refractivity contribution in [3.8, 4) is 11.5 Å². The van der Waals surface area contributed by atoms with Crippen LogP contribution in [0, 0.1) is 0 Å². The monoisotopic (exact) mass is 364 g/mol. The number of carbonyl (C=O) groups is 1. The Balaban J connectivity index is 1.77. The van der Waals surface area contributed by atoms with Gasteiger partial charge in [0.2, 0.25) is 0 Å². The molecule has 0 aliphatic carbocycles. The maximum Gasteiger partial charge on any atom is 0.255 e. The Morgan fingerprint density at radius 1 is 1.07 bits per heavy atom. The first-order chi connectivity index (χ1) is 13.0. The SMILES string of the molecule is COc1ccc([C@@H](CNC(=O)c2cc3ccccc3cc2O)N(C)C)cc1. The van der Waals surface area contributed by atoms with Gasteiger partial charge >= 0.3 is 0 Å². The van der Waals surface area contributed by atoms with Crippen LogP contribution < -0.4 is 10.1 Å². The van der Waals surface area contributed by atoms with Crippen LogP contribution in [-0.4, -0.2) is 43.7 Å². The number of nitrogens with zero attached hydrogens (tertiary/aromatic N) is 1. The molecule has 27 heavy (non-hydrogen) atoms. The first-order valence-corrected chi connectivity index (χ1v) is 8.80. The molecule has 5 heteroatoms. The van der Waals surface area contributed by atoms with Crippen LogP contribution >= 0.6 is 0 Å². The summed E-state index contributed by atoms with van der Waals surface area (Å²) in [6.07, 6.45) is 0. The van der Waals surface area contributed by atoms with Gasteiger partial charge in [-0.3, -0.25) is 4.79 Å². The topological polar surface area (TPSA) is 61.8 Å². The van der Waals surface area contributed by atoms with Gasteiger partial charge in [0.25, 0.3) is 5.91 Å². The number of aromatic hydroxyl groups is 1. The van der Waals surface area contributed by atoms with Gasteiger partial charge in [-0.1, -0.05) is 36.4 Å². The molecule has 0 fully saturated rings. The van der Waals surface area contributed by atoms with Crippen LogP contribution in [0.15, 0.2) is 60.7 Å². The number of rotatable bonds is 6. The zero-order valence-corrected chi connectivity index (χ0v) is 15.8. The van der Waals surface area contributed by atoms with Crippen LogP contribution in [0.3, 0.4) is 0 Å². The first-order valence-electron chi connectivity index (χ1n) is 8.80. The van der Waals surface area contributed by atoms with Crippen molar-refractivity contribution in [3.05, 3.63) is 71.8 Å². The second-order valence-electron chi connectivity index (χ2n) is 6.68. The molecular formula is C22H24N2O3. The van der Waals surface area contributed by atoms with Crippen molar-refractivity contribution >= 4 is 16.7 Å². The average molecular weight is 364 g/mol. The van der Waals surface area contributed by atoms with Crippen molar-refractivity contribution in [1.29, 1.82) is 0 Å². The molecule has 3 rings (SSSR count). The van der Waals surface area contributed by atoms with Gasteiger partial charge in [-0.25, -0.2) is 0 Å². The number of phenolic OH excluding ortho intramolecular Hbond substituents is 1. The zero-order chi connectivity index (χ0) is 19.4. The fourth-order valence-electron chi connectivity index (χ4n) is 3.12. The minimum atomic E-state index is -0.293. The van der Waals surface area contributed by atoms with Crippen LogP contribution in [-0.2, 0) is 0 Å². The molecule has 3 aromatic rings. The normalized spacial score (nSPS) is 12.1. The van der Waals surface area contributed by atoms with Crippen LogP contribution in [0.25, 0.3) is 10.8 Å². The summed E-state index contributed by atoms with van der Waals surface area (Å²) >= 11 is 0. The quantitative estimate of drug-likeness (QED) is 0.702. The molecule has 5 nitrogen and oxygen atoms in total. The molecule has 140 valence electrons. The molecule has 2 N–H and O–H groups in total. The lowest BCUT2D eigenvalue weighted by Gasteiger charge is -2.25. The fourth-order valence-corrected chi connectivity index (χ4v) is 3.12. The highest BCUT2D eigenvalue weighted by molar-refractivity contribution is 6.01. The maximum absolute atomic E-state index is 12.7. The number of carbonyl (C=O) groups excluding carboxylic acids is 1. The highest BCUT2D eigenvalue weighted by Gasteiger charge is 2.18. The van der Waals surface area contributed by atoms with Gasteiger partial charge in [-0.15, -0.1) is 0 Å². The van der Waals surface area contributed by atoms with Gasteiger partial charge in [0.1, 0.15) is 11.5 Å². The Kier molecular flexibility index (Phi) is 5.62. The van der Waals surface area contributed by atoms with Crippen molar-refractivity contribution in [2.24, 2.45) is 0 Å². The Hall–Kier alpha value is -3.05. The smallest absolute Gasteiger partial charge is 0.255 e. The summed E-state index contributed by atoms with van der Waals surface area (Å²) in [7, 11) is 5.57. The van der Waals surface area contributed by atoms with Gasteiger partial charge in [0.15, 0.2) is 0 Å². The molecule has 0 radical (unpaired) electrons. The number of ether oxygens (including phenoxy) is 1. The molecule has 0 bridgehead atoms. The van der Waals surface area contributed by atoms with E-state index in [1.165, 1.54) is 0 Å². The molecule has 0 aliphatic rings. The van der Waals surface area contributed by atoms with Crippen molar-refractivity contribution in [2.75, 3.05) is 27.7 Å². The maximum atomic E-state index is 12.7. The predicted molar refractivity (Wildman–Crippen MR) is 107 cm³/mol. The van der Waals surface area contributed by atoms with E-state index < -0.39 is 0 Å². The minimum absolute atomic E-state index is 0.00227. The second-order valence-corrected chi connectivity index (χ2v) is 6.68. The summed E-state index contributed by atoms with van der Waals surface area (Å²) in [6.45, 7) is 0.421. The van der Waals surface area contributed by atoms with E-state index in [1.807, 2.05) is 67.5 Å². The van der Waals surface area contributed by atoms with Gasteiger partial charge in [-0.05, 0) is 54.7 Å². The Labute approximate surface area is 159 Å². The third-order valence-electron chi connectivity index (χ3n) is 4.69.